The van der Waals surface area contributed by atoms with Crippen molar-refractivity contribution in [1.29, 1.82) is 0 Å². The lowest BCUT2D eigenvalue weighted by Crippen LogP contribution is -2.40. The SMILES string of the molecule is CC(C)C(NS(=O)(=O)c1ccc(S(=O)(=O)N2CCOCC2)cc1)c1ccc(F)cc1. The fourth-order valence-corrected chi connectivity index (χ4v) is 6.00. The zero-order valence-corrected chi connectivity index (χ0v) is 18.4. The predicted molar refractivity (Wildman–Crippen MR) is 110 cm³/mol. The molecule has 0 bridgehead atoms. The van der Waals surface area contributed by atoms with Gasteiger partial charge in [-0.2, -0.15) is 4.31 Å². The van der Waals surface area contributed by atoms with Gasteiger partial charge in [0.1, 0.15) is 5.82 Å². The van der Waals surface area contributed by atoms with Gasteiger partial charge in [0.15, 0.2) is 0 Å². The molecule has 2 aromatic carbocycles. The van der Waals surface area contributed by atoms with Crippen molar-refractivity contribution in [3.8, 4) is 0 Å². The van der Waals surface area contributed by atoms with E-state index < -0.39 is 31.9 Å². The van der Waals surface area contributed by atoms with Crippen LogP contribution in [-0.2, 0) is 24.8 Å². The van der Waals surface area contributed by atoms with E-state index in [0.717, 1.165) is 0 Å². The minimum absolute atomic E-state index is 0.0299. The Morgan fingerprint density at radius 2 is 1.43 bits per heavy atom. The lowest BCUT2D eigenvalue weighted by Gasteiger charge is -2.26. The fourth-order valence-electron chi connectivity index (χ4n) is 3.22. The van der Waals surface area contributed by atoms with Crippen LogP contribution in [0.1, 0.15) is 25.5 Å². The Balaban J connectivity index is 1.82. The summed E-state index contributed by atoms with van der Waals surface area (Å²) in [5.74, 6) is -0.493. The first kappa shape index (κ1) is 22.8. The van der Waals surface area contributed by atoms with Crippen LogP contribution in [0, 0.1) is 11.7 Å². The molecule has 3 rings (SSSR count). The molecular weight excluding hydrogens is 431 g/mol. The largest absolute Gasteiger partial charge is 0.379 e. The molecule has 1 aliphatic heterocycles. The van der Waals surface area contributed by atoms with E-state index in [-0.39, 0.29) is 28.8 Å². The summed E-state index contributed by atoms with van der Waals surface area (Å²) in [5, 5.41) is 0. The van der Waals surface area contributed by atoms with E-state index in [9.17, 15) is 21.2 Å². The van der Waals surface area contributed by atoms with Crippen LogP contribution in [0.2, 0.25) is 0 Å². The molecule has 10 heteroatoms. The number of hydrogen-bond acceptors (Lipinski definition) is 5. The summed E-state index contributed by atoms with van der Waals surface area (Å²) in [4.78, 5) is -0.0153. The Bertz CT molecular complexity index is 1060. The van der Waals surface area contributed by atoms with E-state index in [0.29, 0.717) is 18.8 Å². The van der Waals surface area contributed by atoms with Crippen molar-refractivity contribution in [2.24, 2.45) is 5.92 Å². The van der Waals surface area contributed by atoms with Gasteiger partial charge in [0.25, 0.3) is 0 Å². The van der Waals surface area contributed by atoms with E-state index >= 15 is 0 Å². The van der Waals surface area contributed by atoms with Crippen molar-refractivity contribution in [2.75, 3.05) is 26.3 Å². The van der Waals surface area contributed by atoms with E-state index in [4.69, 9.17) is 4.74 Å². The van der Waals surface area contributed by atoms with Gasteiger partial charge >= 0.3 is 0 Å². The number of morpholine rings is 1. The normalized spacial score (nSPS) is 17.2. The number of hydrogen-bond donors (Lipinski definition) is 1. The van der Waals surface area contributed by atoms with Crippen molar-refractivity contribution < 1.29 is 26.0 Å². The highest BCUT2D eigenvalue weighted by Crippen LogP contribution is 2.25. The second-order valence-electron chi connectivity index (χ2n) is 7.38. The molecule has 1 heterocycles. The molecule has 0 spiro atoms. The maximum Gasteiger partial charge on any atom is 0.243 e. The summed E-state index contributed by atoms with van der Waals surface area (Å²) in [6.45, 7) is 4.89. The van der Waals surface area contributed by atoms with Crippen LogP contribution in [0.25, 0.3) is 0 Å². The smallest absolute Gasteiger partial charge is 0.243 e. The molecule has 1 N–H and O–H groups in total. The Hall–Kier alpha value is -1.85. The molecule has 0 aromatic heterocycles. The van der Waals surface area contributed by atoms with Gasteiger partial charge in [-0.1, -0.05) is 26.0 Å². The molecule has 1 unspecified atom stereocenters. The second-order valence-corrected chi connectivity index (χ2v) is 11.0. The van der Waals surface area contributed by atoms with Crippen LogP contribution >= 0.6 is 0 Å². The van der Waals surface area contributed by atoms with Crippen LogP contribution in [0.4, 0.5) is 4.39 Å². The third kappa shape index (κ3) is 5.06. The van der Waals surface area contributed by atoms with Gasteiger partial charge in [-0.25, -0.2) is 25.9 Å². The molecule has 30 heavy (non-hydrogen) atoms. The third-order valence-corrected chi connectivity index (χ3v) is 8.29. The molecule has 0 amide bonds. The lowest BCUT2D eigenvalue weighted by molar-refractivity contribution is 0.0730. The van der Waals surface area contributed by atoms with Gasteiger partial charge < -0.3 is 4.74 Å². The minimum atomic E-state index is -3.92. The van der Waals surface area contributed by atoms with Crippen molar-refractivity contribution >= 4 is 20.0 Å². The third-order valence-electron chi connectivity index (χ3n) is 4.92. The molecule has 7 nitrogen and oxygen atoms in total. The van der Waals surface area contributed by atoms with Gasteiger partial charge in [-0.05, 0) is 47.9 Å². The Morgan fingerprint density at radius 1 is 0.900 bits per heavy atom. The van der Waals surface area contributed by atoms with Gasteiger partial charge in [-0.3, -0.25) is 0 Å². The average Bonchev–Trinajstić information content (AvgIpc) is 2.73. The van der Waals surface area contributed by atoms with Crippen LogP contribution in [0.15, 0.2) is 58.3 Å². The first-order chi connectivity index (χ1) is 14.1. The molecule has 2 aromatic rings. The minimum Gasteiger partial charge on any atom is -0.379 e. The summed E-state index contributed by atoms with van der Waals surface area (Å²) >= 11 is 0. The van der Waals surface area contributed by atoms with Crippen LogP contribution in [0.5, 0.6) is 0 Å². The molecule has 1 fully saturated rings. The maximum absolute atomic E-state index is 13.2. The van der Waals surface area contributed by atoms with Gasteiger partial charge in [0.2, 0.25) is 20.0 Å². The van der Waals surface area contributed by atoms with Gasteiger partial charge in [0.05, 0.1) is 23.0 Å². The molecule has 0 radical (unpaired) electrons. The van der Waals surface area contributed by atoms with Crippen LogP contribution in [0.3, 0.4) is 0 Å². The van der Waals surface area contributed by atoms with Crippen LogP contribution < -0.4 is 4.72 Å². The Labute approximate surface area is 177 Å². The summed E-state index contributed by atoms with van der Waals surface area (Å²) in [5.41, 5.74) is 0.640. The highest BCUT2D eigenvalue weighted by molar-refractivity contribution is 7.89. The summed E-state index contributed by atoms with van der Waals surface area (Å²) in [6.07, 6.45) is 0. The second kappa shape index (κ2) is 9.11. The average molecular weight is 457 g/mol. The molecule has 0 aliphatic carbocycles. The maximum atomic E-state index is 13.2. The number of nitrogens with zero attached hydrogens (tertiary/aromatic N) is 1. The highest BCUT2D eigenvalue weighted by Gasteiger charge is 2.28. The molecular formula is C20H25FN2O5S2. The van der Waals surface area contributed by atoms with E-state index in [1.807, 2.05) is 13.8 Å². The topological polar surface area (TPSA) is 92.8 Å². The first-order valence-corrected chi connectivity index (χ1v) is 12.5. The molecule has 164 valence electrons. The van der Waals surface area contributed by atoms with E-state index in [1.165, 1.54) is 40.7 Å². The summed E-state index contributed by atoms with van der Waals surface area (Å²) < 4.78 is 73.5. The standard InChI is InChI=1S/C20H25FN2O5S2/c1-15(2)20(16-3-5-17(21)6-4-16)22-29(24,25)18-7-9-19(10-8-18)30(26,27)23-11-13-28-14-12-23/h3-10,15,20,22H,11-14H2,1-2H3. The molecule has 1 saturated heterocycles. The molecule has 1 atom stereocenters. The number of halogens is 1. The van der Waals surface area contributed by atoms with Gasteiger partial charge in [-0.15, -0.1) is 0 Å². The lowest BCUT2D eigenvalue weighted by atomic mass is 9.97. The number of sulfonamides is 2. The molecule has 1 aliphatic rings. The van der Waals surface area contributed by atoms with Crippen molar-refractivity contribution in [3.05, 3.63) is 59.9 Å². The fraction of sp³-hybridized carbons (Fsp3) is 0.400. The van der Waals surface area contributed by atoms with Crippen molar-refractivity contribution in [2.45, 2.75) is 29.7 Å². The quantitative estimate of drug-likeness (QED) is 0.691. The van der Waals surface area contributed by atoms with Gasteiger partial charge in [0, 0.05) is 19.1 Å². The van der Waals surface area contributed by atoms with Crippen molar-refractivity contribution in [1.82, 2.24) is 9.03 Å². The van der Waals surface area contributed by atoms with E-state index in [2.05, 4.69) is 4.72 Å². The zero-order valence-electron chi connectivity index (χ0n) is 16.8. The van der Waals surface area contributed by atoms with E-state index in [1.54, 1.807) is 12.1 Å². The van der Waals surface area contributed by atoms with Crippen LogP contribution in [-0.4, -0.2) is 47.4 Å². The highest BCUT2D eigenvalue weighted by atomic mass is 32.2. The first-order valence-electron chi connectivity index (χ1n) is 9.57. The monoisotopic (exact) mass is 456 g/mol. The van der Waals surface area contributed by atoms with Crippen molar-refractivity contribution in [3.63, 3.8) is 0 Å². The number of benzene rings is 2. The Kier molecular flexibility index (Phi) is 6.93. The molecule has 0 saturated carbocycles. The summed E-state index contributed by atoms with van der Waals surface area (Å²) in [7, 11) is -7.63. The number of ether oxygens (including phenoxy) is 1. The summed E-state index contributed by atoms with van der Waals surface area (Å²) in [6, 6.07) is 10.2. The predicted octanol–water partition coefficient (Wildman–Crippen LogP) is 2.52. The zero-order chi connectivity index (χ0) is 21.9. The number of rotatable bonds is 7. The number of nitrogens with one attached hydrogen (secondary N) is 1. The Morgan fingerprint density at radius 3 is 1.97 bits per heavy atom.